The summed E-state index contributed by atoms with van der Waals surface area (Å²) in [5, 5.41) is 0. The van der Waals surface area contributed by atoms with Crippen LogP contribution in [0.1, 0.15) is 5.56 Å². The highest BCUT2D eigenvalue weighted by molar-refractivity contribution is 5.39. The summed E-state index contributed by atoms with van der Waals surface area (Å²) in [6.07, 6.45) is 0. The predicted octanol–water partition coefficient (Wildman–Crippen LogP) is 1.15. The van der Waals surface area contributed by atoms with E-state index in [1.807, 2.05) is 12.1 Å². The highest BCUT2D eigenvalue weighted by Gasteiger charge is 2.07. The Bertz CT molecular complexity index is 398. The predicted molar refractivity (Wildman–Crippen MR) is 89.4 cm³/mol. The second kappa shape index (κ2) is 11.4. The highest BCUT2D eigenvalue weighted by atomic mass is 16.6. The minimum Gasteiger partial charge on any atom is -0.399 e. The zero-order valence-corrected chi connectivity index (χ0v) is 13.7. The number of hydrogen-bond donors (Lipinski definition) is 1. The van der Waals surface area contributed by atoms with Crippen molar-refractivity contribution in [3.8, 4) is 0 Å². The molecule has 2 rings (SSSR count). The Balaban J connectivity index is 1.80. The van der Waals surface area contributed by atoms with Crippen LogP contribution in [0.2, 0.25) is 0 Å². The van der Waals surface area contributed by atoms with Crippen LogP contribution >= 0.6 is 0 Å². The van der Waals surface area contributed by atoms with E-state index in [0.717, 1.165) is 25.3 Å². The van der Waals surface area contributed by atoms with Crippen molar-refractivity contribution in [1.82, 2.24) is 4.90 Å². The monoisotopic (exact) mass is 324 g/mol. The van der Waals surface area contributed by atoms with Gasteiger partial charge in [-0.1, -0.05) is 12.1 Å². The van der Waals surface area contributed by atoms with Crippen LogP contribution in [0.3, 0.4) is 0 Å². The van der Waals surface area contributed by atoms with Crippen LogP contribution in [0.4, 0.5) is 5.69 Å². The summed E-state index contributed by atoms with van der Waals surface area (Å²) in [7, 11) is 0. The van der Waals surface area contributed by atoms with Crippen molar-refractivity contribution in [2.45, 2.75) is 6.54 Å². The normalized spacial score (nSPS) is 20.5. The third-order valence-corrected chi connectivity index (χ3v) is 3.61. The number of anilines is 1. The van der Waals surface area contributed by atoms with Crippen molar-refractivity contribution in [3.05, 3.63) is 29.8 Å². The van der Waals surface area contributed by atoms with Crippen molar-refractivity contribution in [2.24, 2.45) is 0 Å². The van der Waals surface area contributed by atoms with Gasteiger partial charge >= 0.3 is 0 Å². The molecule has 0 spiro atoms. The van der Waals surface area contributed by atoms with Crippen molar-refractivity contribution >= 4 is 5.69 Å². The second-order valence-corrected chi connectivity index (χ2v) is 5.47. The largest absolute Gasteiger partial charge is 0.399 e. The van der Waals surface area contributed by atoms with E-state index in [-0.39, 0.29) is 0 Å². The van der Waals surface area contributed by atoms with Gasteiger partial charge in [0, 0.05) is 25.3 Å². The molecule has 130 valence electrons. The maximum absolute atomic E-state index is 5.74. The van der Waals surface area contributed by atoms with Crippen LogP contribution in [0, 0.1) is 0 Å². The summed E-state index contributed by atoms with van der Waals surface area (Å²) in [5.41, 5.74) is 7.77. The van der Waals surface area contributed by atoms with E-state index in [1.165, 1.54) is 5.56 Å². The third-order valence-electron chi connectivity index (χ3n) is 3.61. The molecule has 1 aliphatic rings. The fraction of sp³-hybridized carbons (Fsp3) is 0.647. The number of rotatable bonds is 2. The van der Waals surface area contributed by atoms with Crippen LogP contribution < -0.4 is 5.73 Å². The number of hydrogen-bond acceptors (Lipinski definition) is 6. The summed E-state index contributed by atoms with van der Waals surface area (Å²) in [4.78, 5) is 2.33. The molecule has 0 unspecified atom stereocenters. The Kier molecular flexibility index (Phi) is 8.98. The topological polar surface area (TPSA) is 66.2 Å². The van der Waals surface area contributed by atoms with E-state index < -0.39 is 0 Å². The van der Waals surface area contributed by atoms with Gasteiger partial charge in [-0.3, -0.25) is 4.90 Å². The smallest absolute Gasteiger partial charge is 0.0701 e. The minimum absolute atomic E-state index is 0.604. The molecule has 1 heterocycles. The van der Waals surface area contributed by atoms with Gasteiger partial charge < -0.3 is 24.7 Å². The second-order valence-electron chi connectivity index (χ2n) is 5.47. The third kappa shape index (κ3) is 8.29. The molecular formula is C17H28N2O4. The lowest BCUT2D eigenvalue weighted by atomic mass is 10.2. The molecule has 23 heavy (non-hydrogen) atoms. The quantitative estimate of drug-likeness (QED) is 0.823. The van der Waals surface area contributed by atoms with E-state index in [1.54, 1.807) is 0 Å². The van der Waals surface area contributed by atoms with E-state index in [0.29, 0.717) is 52.9 Å². The molecule has 0 aliphatic carbocycles. The van der Waals surface area contributed by atoms with Gasteiger partial charge in [0.1, 0.15) is 0 Å². The zero-order valence-electron chi connectivity index (χ0n) is 13.7. The maximum Gasteiger partial charge on any atom is 0.0701 e. The first-order valence-electron chi connectivity index (χ1n) is 8.22. The van der Waals surface area contributed by atoms with Crippen molar-refractivity contribution in [1.29, 1.82) is 0 Å². The minimum atomic E-state index is 0.604. The Morgan fingerprint density at radius 1 is 0.696 bits per heavy atom. The molecule has 0 atom stereocenters. The SMILES string of the molecule is Nc1ccc(CN2CCOCCOCCOCCOCC2)cc1. The average molecular weight is 324 g/mol. The Hall–Kier alpha value is -1.18. The van der Waals surface area contributed by atoms with Crippen LogP contribution in [-0.2, 0) is 25.5 Å². The van der Waals surface area contributed by atoms with Gasteiger partial charge in [0.05, 0.1) is 52.9 Å². The first-order valence-corrected chi connectivity index (χ1v) is 8.22. The molecule has 6 nitrogen and oxygen atoms in total. The molecule has 0 amide bonds. The van der Waals surface area contributed by atoms with Gasteiger partial charge in [0.2, 0.25) is 0 Å². The van der Waals surface area contributed by atoms with Crippen LogP contribution in [0.25, 0.3) is 0 Å². The maximum atomic E-state index is 5.74. The van der Waals surface area contributed by atoms with Crippen LogP contribution in [0.15, 0.2) is 24.3 Å². The van der Waals surface area contributed by atoms with Gasteiger partial charge in [0.25, 0.3) is 0 Å². The van der Waals surface area contributed by atoms with Crippen molar-refractivity contribution in [3.63, 3.8) is 0 Å². The first-order chi connectivity index (χ1) is 11.3. The van der Waals surface area contributed by atoms with E-state index in [2.05, 4.69) is 17.0 Å². The molecule has 6 heteroatoms. The van der Waals surface area contributed by atoms with Crippen LogP contribution in [0.5, 0.6) is 0 Å². The molecule has 1 saturated heterocycles. The van der Waals surface area contributed by atoms with E-state index in [9.17, 15) is 0 Å². The molecule has 1 fully saturated rings. The Labute approximate surface area is 138 Å². The standard InChI is InChI=1S/C17H28N2O4/c18-17-3-1-16(2-4-17)15-19-5-7-20-9-11-22-13-14-23-12-10-21-8-6-19/h1-4H,5-15,18H2. The fourth-order valence-corrected chi connectivity index (χ4v) is 2.30. The summed E-state index contributed by atoms with van der Waals surface area (Å²) in [6.45, 7) is 7.63. The molecule has 2 N–H and O–H groups in total. The Morgan fingerprint density at radius 3 is 1.61 bits per heavy atom. The lowest BCUT2D eigenvalue weighted by Gasteiger charge is -2.22. The summed E-state index contributed by atoms with van der Waals surface area (Å²) < 4.78 is 22.1. The highest BCUT2D eigenvalue weighted by Crippen LogP contribution is 2.08. The van der Waals surface area contributed by atoms with Gasteiger partial charge in [-0.15, -0.1) is 0 Å². The summed E-state index contributed by atoms with van der Waals surface area (Å²) in [6, 6.07) is 8.00. The van der Waals surface area contributed by atoms with Gasteiger partial charge in [-0.2, -0.15) is 0 Å². The molecule has 1 aliphatic heterocycles. The molecule has 0 bridgehead atoms. The zero-order chi connectivity index (χ0) is 16.2. The Morgan fingerprint density at radius 2 is 1.13 bits per heavy atom. The van der Waals surface area contributed by atoms with Gasteiger partial charge in [-0.05, 0) is 17.7 Å². The lowest BCUT2D eigenvalue weighted by Crippen LogP contribution is -2.31. The van der Waals surface area contributed by atoms with Crippen LogP contribution in [-0.4, -0.2) is 70.8 Å². The summed E-state index contributed by atoms with van der Waals surface area (Å²) >= 11 is 0. The molecule has 0 saturated carbocycles. The molecule has 1 aromatic rings. The molecule has 0 aromatic heterocycles. The fourth-order valence-electron chi connectivity index (χ4n) is 2.30. The van der Waals surface area contributed by atoms with E-state index >= 15 is 0 Å². The number of nitrogen functional groups attached to an aromatic ring is 1. The van der Waals surface area contributed by atoms with Crippen molar-refractivity contribution < 1.29 is 18.9 Å². The number of benzene rings is 1. The first kappa shape index (κ1) is 18.2. The van der Waals surface area contributed by atoms with E-state index in [4.69, 9.17) is 24.7 Å². The summed E-state index contributed by atoms with van der Waals surface area (Å²) in [5.74, 6) is 0. The average Bonchev–Trinajstić information content (AvgIpc) is 2.57. The van der Waals surface area contributed by atoms with Gasteiger partial charge in [0.15, 0.2) is 0 Å². The number of nitrogens with two attached hydrogens (primary N) is 1. The number of nitrogens with zero attached hydrogens (tertiary/aromatic N) is 1. The lowest BCUT2D eigenvalue weighted by molar-refractivity contribution is 0.00206. The molecule has 1 aromatic carbocycles. The molecule has 0 radical (unpaired) electrons. The van der Waals surface area contributed by atoms with Gasteiger partial charge in [-0.25, -0.2) is 0 Å². The number of ether oxygens (including phenoxy) is 4. The molecular weight excluding hydrogens is 296 g/mol. The van der Waals surface area contributed by atoms with Crippen molar-refractivity contribution in [2.75, 3.05) is 71.7 Å².